The quantitative estimate of drug-likeness (QED) is 0.300. The highest BCUT2D eigenvalue weighted by Gasteiger charge is 2.36. The molecule has 0 N–H and O–H groups in total. The molecule has 0 saturated carbocycles. The molecule has 154 valence electrons. The van der Waals surface area contributed by atoms with E-state index in [4.69, 9.17) is 4.74 Å². The van der Waals surface area contributed by atoms with Crippen LogP contribution >= 0.6 is 0 Å². The van der Waals surface area contributed by atoms with Gasteiger partial charge in [-0.15, -0.1) is 0 Å². The van der Waals surface area contributed by atoms with Crippen LogP contribution in [0.3, 0.4) is 0 Å². The van der Waals surface area contributed by atoms with E-state index < -0.39 is 0 Å². The highest BCUT2D eigenvalue weighted by Crippen LogP contribution is 2.34. The molecule has 1 amide bonds. The predicted octanol–water partition coefficient (Wildman–Crippen LogP) is 4.55. The monoisotopic (exact) mass is 386 g/mol. The SMILES string of the molecule is C=CC(=O)N([C@H](CCCCCC)c1ccccc1C=O)N1CCC[C@H]1COC. The second-order valence-electron chi connectivity index (χ2n) is 7.41. The van der Waals surface area contributed by atoms with Crippen LogP contribution in [0.2, 0.25) is 0 Å². The van der Waals surface area contributed by atoms with Crippen molar-refractivity contribution in [3.63, 3.8) is 0 Å². The minimum Gasteiger partial charge on any atom is -0.383 e. The van der Waals surface area contributed by atoms with Gasteiger partial charge < -0.3 is 4.74 Å². The first-order chi connectivity index (χ1) is 13.7. The van der Waals surface area contributed by atoms with Gasteiger partial charge in [0.25, 0.3) is 5.91 Å². The van der Waals surface area contributed by atoms with Crippen molar-refractivity contribution in [1.29, 1.82) is 0 Å². The standard InChI is InChI=1S/C23H34N2O3/c1-4-6-7-8-15-22(21-14-10-9-12-19(21)17-26)25(23(27)5-2)24-16-11-13-20(24)18-28-3/h5,9-10,12,14,17,20,22H,2,4,6-8,11,13,15-16,18H2,1,3H3/t20-,22+/m0/s1. The van der Waals surface area contributed by atoms with E-state index in [0.29, 0.717) is 12.2 Å². The molecule has 28 heavy (non-hydrogen) atoms. The van der Waals surface area contributed by atoms with Gasteiger partial charge in [-0.3, -0.25) is 14.6 Å². The summed E-state index contributed by atoms with van der Waals surface area (Å²) in [6, 6.07) is 7.59. The van der Waals surface area contributed by atoms with Crippen LogP contribution in [0.25, 0.3) is 0 Å². The van der Waals surface area contributed by atoms with Crippen LogP contribution in [-0.4, -0.2) is 48.5 Å². The highest BCUT2D eigenvalue weighted by atomic mass is 16.5. The Labute approximate surface area is 169 Å². The van der Waals surface area contributed by atoms with Crippen LogP contribution in [0.15, 0.2) is 36.9 Å². The Morgan fingerprint density at radius 2 is 2.14 bits per heavy atom. The van der Waals surface area contributed by atoms with E-state index in [9.17, 15) is 9.59 Å². The summed E-state index contributed by atoms with van der Waals surface area (Å²) >= 11 is 0. The van der Waals surface area contributed by atoms with Crippen molar-refractivity contribution in [2.24, 2.45) is 0 Å². The summed E-state index contributed by atoms with van der Waals surface area (Å²) in [4.78, 5) is 24.7. The van der Waals surface area contributed by atoms with Crippen LogP contribution in [0.5, 0.6) is 0 Å². The maximum absolute atomic E-state index is 13.0. The van der Waals surface area contributed by atoms with Crippen molar-refractivity contribution in [1.82, 2.24) is 10.0 Å². The molecule has 2 rings (SSSR count). The molecule has 1 aliphatic rings. The molecule has 1 saturated heterocycles. The topological polar surface area (TPSA) is 49.9 Å². The summed E-state index contributed by atoms with van der Waals surface area (Å²) in [5.74, 6) is -0.121. The number of rotatable bonds is 12. The summed E-state index contributed by atoms with van der Waals surface area (Å²) < 4.78 is 5.40. The van der Waals surface area contributed by atoms with Crippen molar-refractivity contribution in [2.45, 2.75) is 64.0 Å². The molecule has 1 aromatic rings. The molecule has 1 heterocycles. The molecule has 1 fully saturated rings. The Kier molecular flexibility index (Phi) is 9.38. The highest BCUT2D eigenvalue weighted by molar-refractivity contribution is 5.87. The summed E-state index contributed by atoms with van der Waals surface area (Å²) in [7, 11) is 1.69. The first-order valence-corrected chi connectivity index (χ1v) is 10.4. The average molecular weight is 387 g/mol. The Morgan fingerprint density at radius 1 is 1.36 bits per heavy atom. The normalized spacial score (nSPS) is 18.0. The zero-order valence-corrected chi connectivity index (χ0v) is 17.3. The van der Waals surface area contributed by atoms with Gasteiger partial charge in [0.2, 0.25) is 0 Å². The molecule has 2 atom stereocenters. The van der Waals surface area contributed by atoms with Gasteiger partial charge in [-0.2, -0.15) is 0 Å². The lowest BCUT2D eigenvalue weighted by Gasteiger charge is -2.41. The summed E-state index contributed by atoms with van der Waals surface area (Å²) in [6.45, 7) is 7.31. The third-order valence-corrected chi connectivity index (χ3v) is 5.49. The van der Waals surface area contributed by atoms with E-state index in [-0.39, 0.29) is 18.0 Å². The third kappa shape index (κ3) is 5.52. The lowest BCUT2D eigenvalue weighted by molar-refractivity contribution is -0.155. The Hall–Kier alpha value is -1.98. The zero-order chi connectivity index (χ0) is 20.4. The van der Waals surface area contributed by atoms with Gasteiger partial charge in [0.15, 0.2) is 0 Å². The fraction of sp³-hybridized carbons (Fsp3) is 0.565. The second-order valence-corrected chi connectivity index (χ2v) is 7.41. The van der Waals surface area contributed by atoms with Gasteiger partial charge in [-0.1, -0.05) is 63.5 Å². The van der Waals surface area contributed by atoms with Gasteiger partial charge in [-0.05, 0) is 30.9 Å². The van der Waals surface area contributed by atoms with E-state index in [0.717, 1.165) is 56.9 Å². The number of hydrogen-bond donors (Lipinski definition) is 0. The first kappa shape index (κ1) is 22.3. The molecule has 0 aromatic heterocycles. The number of hydrazine groups is 1. The maximum atomic E-state index is 13.0. The average Bonchev–Trinajstić information content (AvgIpc) is 3.17. The molecule has 1 aliphatic heterocycles. The fourth-order valence-electron chi connectivity index (χ4n) is 4.11. The Balaban J connectivity index is 2.41. The lowest BCUT2D eigenvalue weighted by Crippen LogP contribution is -2.51. The van der Waals surface area contributed by atoms with E-state index in [1.54, 1.807) is 7.11 Å². The number of carbonyl (C=O) groups is 2. The fourth-order valence-corrected chi connectivity index (χ4v) is 4.11. The molecular weight excluding hydrogens is 352 g/mol. The van der Waals surface area contributed by atoms with E-state index >= 15 is 0 Å². The van der Waals surface area contributed by atoms with Crippen molar-refractivity contribution in [2.75, 3.05) is 20.3 Å². The number of ether oxygens (including phenoxy) is 1. The minimum absolute atomic E-state index is 0.121. The van der Waals surface area contributed by atoms with Crippen LogP contribution < -0.4 is 0 Å². The number of amides is 1. The number of methoxy groups -OCH3 is 1. The van der Waals surface area contributed by atoms with E-state index in [1.165, 1.54) is 12.5 Å². The van der Waals surface area contributed by atoms with Crippen molar-refractivity contribution < 1.29 is 14.3 Å². The molecule has 1 aromatic carbocycles. The first-order valence-electron chi connectivity index (χ1n) is 10.4. The van der Waals surface area contributed by atoms with Crippen LogP contribution in [-0.2, 0) is 9.53 Å². The summed E-state index contributed by atoms with van der Waals surface area (Å²) in [6.07, 6.45) is 9.57. The third-order valence-electron chi connectivity index (χ3n) is 5.49. The molecule has 0 spiro atoms. The van der Waals surface area contributed by atoms with Gasteiger partial charge in [0, 0.05) is 19.2 Å². The number of carbonyl (C=O) groups excluding carboxylic acids is 2. The summed E-state index contributed by atoms with van der Waals surface area (Å²) in [5, 5.41) is 3.98. The Morgan fingerprint density at radius 3 is 2.82 bits per heavy atom. The molecule has 0 unspecified atom stereocenters. The Bertz CT molecular complexity index is 646. The molecule has 5 heteroatoms. The molecule has 0 aliphatic carbocycles. The zero-order valence-electron chi connectivity index (χ0n) is 17.3. The van der Waals surface area contributed by atoms with E-state index in [2.05, 4.69) is 18.5 Å². The largest absolute Gasteiger partial charge is 0.383 e. The number of nitrogens with zero attached hydrogens (tertiary/aromatic N) is 2. The predicted molar refractivity (Wildman–Crippen MR) is 112 cm³/mol. The molecule has 5 nitrogen and oxygen atoms in total. The summed E-state index contributed by atoms with van der Waals surface area (Å²) in [5.41, 5.74) is 1.56. The molecular formula is C23H34N2O3. The number of unbranched alkanes of at least 4 members (excludes halogenated alkanes) is 3. The van der Waals surface area contributed by atoms with Crippen molar-refractivity contribution >= 4 is 12.2 Å². The van der Waals surface area contributed by atoms with Gasteiger partial charge in [0.05, 0.1) is 18.7 Å². The van der Waals surface area contributed by atoms with Crippen molar-refractivity contribution in [3.8, 4) is 0 Å². The second kappa shape index (κ2) is 11.8. The van der Waals surface area contributed by atoms with Gasteiger partial charge in [-0.25, -0.2) is 5.01 Å². The number of aldehydes is 1. The van der Waals surface area contributed by atoms with Crippen LogP contribution in [0, 0.1) is 0 Å². The van der Waals surface area contributed by atoms with Gasteiger partial charge >= 0.3 is 0 Å². The number of hydrogen-bond acceptors (Lipinski definition) is 4. The lowest BCUT2D eigenvalue weighted by atomic mass is 9.95. The van der Waals surface area contributed by atoms with Crippen LogP contribution in [0.4, 0.5) is 0 Å². The molecule has 0 radical (unpaired) electrons. The van der Waals surface area contributed by atoms with Gasteiger partial charge in [0.1, 0.15) is 6.29 Å². The van der Waals surface area contributed by atoms with Crippen LogP contribution in [0.1, 0.15) is 73.8 Å². The van der Waals surface area contributed by atoms with E-state index in [1.807, 2.05) is 29.3 Å². The minimum atomic E-state index is -0.179. The van der Waals surface area contributed by atoms with Crippen molar-refractivity contribution in [3.05, 3.63) is 48.0 Å². The smallest absolute Gasteiger partial charge is 0.260 e. The number of benzene rings is 1. The molecule has 0 bridgehead atoms. The maximum Gasteiger partial charge on any atom is 0.260 e.